The number of benzene rings is 1. The Morgan fingerprint density at radius 1 is 1.52 bits per heavy atom. The van der Waals surface area contributed by atoms with Crippen molar-refractivity contribution < 1.29 is 23.8 Å². The monoisotopic (exact) mass is 412 g/mol. The number of amides is 1. The van der Waals surface area contributed by atoms with Crippen LogP contribution in [-0.2, 0) is 16.5 Å². The maximum Gasteiger partial charge on any atom is 0.414 e. The van der Waals surface area contributed by atoms with Crippen LogP contribution < -0.4 is 10.2 Å². The van der Waals surface area contributed by atoms with Gasteiger partial charge in [0.05, 0.1) is 37.8 Å². The van der Waals surface area contributed by atoms with Gasteiger partial charge in [0.15, 0.2) is 4.77 Å². The van der Waals surface area contributed by atoms with E-state index < -0.39 is 18.0 Å². The maximum absolute atomic E-state index is 14.7. The first-order valence-corrected chi connectivity index (χ1v) is 8.70. The number of aromatic hydroxyl groups is 1. The number of rotatable bonds is 4. The number of cyclic esters (lactones) is 1. The van der Waals surface area contributed by atoms with Crippen LogP contribution in [-0.4, -0.2) is 51.8 Å². The quantitative estimate of drug-likeness (QED) is 0.746. The molecule has 1 aliphatic rings. The van der Waals surface area contributed by atoms with Crippen LogP contribution >= 0.6 is 24.4 Å². The second-order valence-electron chi connectivity index (χ2n) is 5.82. The second kappa shape index (κ2) is 7.53. The number of hydrogen-bond acceptors (Lipinski definition) is 6. The van der Waals surface area contributed by atoms with Gasteiger partial charge in [-0.2, -0.15) is 0 Å². The average Bonchev–Trinajstić information content (AvgIpc) is 3.14. The highest BCUT2D eigenvalue weighted by atomic mass is 32.1. The van der Waals surface area contributed by atoms with Crippen LogP contribution in [0.4, 0.5) is 14.9 Å². The molecular formula is C16H17FN4O4S2. The van der Waals surface area contributed by atoms with Crippen LogP contribution in [0.1, 0.15) is 0 Å². The number of aromatic nitrogens is 2. The molecule has 3 rings (SSSR count). The summed E-state index contributed by atoms with van der Waals surface area (Å²) in [5, 5.41) is 12.7. The number of thiocarbonyl (C=S) groups is 1. The lowest BCUT2D eigenvalue weighted by Crippen LogP contribution is -2.34. The number of carbonyl (C=O) groups is 1. The Hall–Kier alpha value is -2.66. The molecule has 2 N–H and O–H groups in total. The molecule has 144 valence electrons. The topological polar surface area (TPSA) is 80.9 Å². The minimum atomic E-state index is -0.593. The summed E-state index contributed by atoms with van der Waals surface area (Å²) in [4.78, 5) is 13.4. The number of methoxy groups -OCH3 is 1. The van der Waals surface area contributed by atoms with Gasteiger partial charge >= 0.3 is 6.09 Å². The Morgan fingerprint density at radius 3 is 2.85 bits per heavy atom. The lowest BCUT2D eigenvalue weighted by molar-refractivity contribution is 0.142. The largest absolute Gasteiger partial charge is 0.493 e. The van der Waals surface area contributed by atoms with Crippen molar-refractivity contribution in [3.05, 3.63) is 35.0 Å². The van der Waals surface area contributed by atoms with Crippen molar-refractivity contribution in [2.24, 2.45) is 7.05 Å². The van der Waals surface area contributed by atoms with E-state index in [0.29, 0.717) is 5.69 Å². The standard InChI is InChI=1S/C16H17FN4O4S2/c1-19-13(22)8-21(15(19)27)12-4-3-9(5-11(12)17)20-7-10(25-16(20)23)6-18-14(26)24-2/h3-5,8,10,22H,6-7H2,1-2H3,(H,18,26)/t10-/m0/s1. The van der Waals surface area contributed by atoms with Crippen molar-refractivity contribution in [2.75, 3.05) is 25.1 Å². The molecule has 1 saturated heterocycles. The van der Waals surface area contributed by atoms with E-state index in [0.717, 1.165) is 0 Å². The molecule has 1 amide bonds. The normalized spacial score (nSPS) is 16.3. The third kappa shape index (κ3) is 3.74. The molecule has 2 aromatic rings. The molecule has 11 heteroatoms. The lowest BCUT2D eigenvalue weighted by atomic mass is 10.2. The predicted molar refractivity (Wildman–Crippen MR) is 102 cm³/mol. The van der Waals surface area contributed by atoms with Gasteiger partial charge in [0.25, 0.3) is 5.17 Å². The van der Waals surface area contributed by atoms with Crippen LogP contribution in [0.5, 0.6) is 5.88 Å². The third-order valence-electron chi connectivity index (χ3n) is 4.12. The molecule has 0 unspecified atom stereocenters. The minimum Gasteiger partial charge on any atom is -0.493 e. The fourth-order valence-electron chi connectivity index (χ4n) is 2.66. The van der Waals surface area contributed by atoms with Gasteiger partial charge in [0, 0.05) is 7.05 Å². The van der Waals surface area contributed by atoms with E-state index in [2.05, 4.69) is 5.32 Å². The summed E-state index contributed by atoms with van der Waals surface area (Å²) in [5.41, 5.74) is 0.514. The van der Waals surface area contributed by atoms with E-state index in [9.17, 15) is 14.3 Å². The second-order valence-corrected chi connectivity index (χ2v) is 6.56. The van der Waals surface area contributed by atoms with Crippen molar-refractivity contribution in [3.8, 4) is 11.6 Å². The van der Waals surface area contributed by atoms with Crippen molar-refractivity contribution in [3.63, 3.8) is 0 Å². The SMILES string of the molecule is COC(=S)NC[C@H]1CN(c2ccc(-n3cc(O)n(C)c3=S)c(F)c2)C(=O)O1. The van der Waals surface area contributed by atoms with Crippen LogP contribution in [0, 0.1) is 10.6 Å². The number of hydrogen-bond donors (Lipinski definition) is 2. The molecule has 0 spiro atoms. The highest BCUT2D eigenvalue weighted by Gasteiger charge is 2.32. The molecular weight excluding hydrogens is 395 g/mol. The number of nitrogens with one attached hydrogen (secondary N) is 1. The minimum absolute atomic E-state index is 0.0871. The first-order valence-electron chi connectivity index (χ1n) is 7.89. The van der Waals surface area contributed by atoms with E-state index >= 15 is 0 Å². The van der Waals surface area contributed by atoms with Gasteiger partial charge in [-0.05, 0) is 42.6 Å². The Kier molecular flexibility index (Phi) is 5.33. The molecule has 27 heavy (non-hydrogen) atoms. The summed E-state index contributed by atoms with van der Waals surface area (Å²) in [6, 6.07) is 4.29. The Balaban J connectivity index is 1.79. The first-order chi connectivity index (χ1) is 12.8. The van der Waals surface area contributed by atoms with E-state index in [-0.39, 0.29) is 34.6 Å². The molecule has 0 bridgehead atoms. The summed E-state index contributed by atoms with van der Waals surface area (Å²) < 4.78 is 27.7. The van der Waals surface area contributed by atoms with Gasteiger partial charge in [-0.15, -0.1) is 0 Å². The first kappa shape index (κ1) is 19.1. The Morgan fingerprint density at radius 2 is 2.26 bits per heavy atom. The van der Waals surface area contributed by atoms with E-state index in [1.807, 2.05) is 0 Å². The number of ether oxygens (including phenoxy) is 2. The zero-order valence-corrected chi connectivity index (χ0v) is 16.1. The number of anilines is 1. The number of carbonyl (C=O) groups excluding carboxylic acids is 1. The summed E-state index contributed by atoms with van der Waals surface area (Å²) >= 11 is 10.1. The molecule has 1 aromatic heterocycles. The van der Waals surface area contributed by atoms with Crippen LogP contribution in [0.2, 0.25) is 0 Å². The van der Waals surface area contributed by atoms with Gasteiger partial charge in [-0.25, -0.2) is 9.18 Å². The van der Waals surface area contributed by atoms with Crippen LogP contribution in [0.15, 0.2) is 24.4 Å². The summed E-state index contributed by atoms with van der Waals surface area (Å²) in [7, 11) is 3.01. The molecule has 0 aliphatic carbocycles. The Labute approximate surface area is 164 Å². The van der Waals surface area contributed by atoms with Crippen LogP contribution in [0.25, 0.3) is 5.69 Å². The fraction of sp³-hybridized carbons (Fsp3) is 0.312. The van der Waals surface area contributed by atoms with Crippen molar-refractivity contribution in [2.45, 2.75) is 6.10 Å². The molecule has 8 nitrogen and oxygen atoms in total. The van der Waals surface area contributed by atoms with Crippen molar-refractivity contribution in [1.82, 2.24) is 14.5 Å². The number of halogens is 1. The highest BCUT2D eigenvalue weighted by molar-refractivity contribution is 7.80. The van der Waals surface area contributed by atoms with Crippen molar-refractivity contribution in [1.29, 1.82) is 0 Å². The molecule has 1 aromatic carbocycles. The highest BCUT2D eigenvalue weighted by Crippen LogP contribution is 2.26. The van der Waals surface area contributed by atoms with Gasteiger partial charge in [-0.3, -0.25) is 14.0 Å². The van der Waals surface area contributed by atoms with Gasteiger partial charge < -0.3 is 19.9 Å². The lowest BCUT2D eigenvalue weighted by Gasteiger charge is -2.15. The van der Waals surface area contributed by atoms with Crippen molar-refractivity contribution >= 4 is 41.4 Å². The van der Waals surface area contributed by atoms with E-state index in [1.54, 1.807) is 13.1 Å². The Bertz CT molecular complexity index is 958. The zero-order valence-electron chi connectivity index (χ0n) is 14.5. The smallest absolute Gasteiger partial charge is 0.414 e. The molecule has 1 fully saturated rings. The van der Waals surface area contributed by atoms with E-state index in [4.69, 9.17) is 33.9 Å². The molecule has 1 aliphatic heterocycles. The van der Waals surface area contributed by atoms with Gasteiger partial charge in [-0.1, -0.05) is 0 Å². The van der Waals surface area contributed by atoms with Gasteiger partial charge in [0.1, 0.15) is 11.9 Å². The maximum atomic E-state index is 14.7. The third-order valence-corrected chi connectivity index (χ3v) is 4.90. The van der Waals surface area contributed by atoms with Gasteiger partial charge in [0.2, 0.25) is 5.88 Å². The average molecular weight is 412 g/mol. The molecule has 0 radical (unpaired) electrons. The fourth-order valence-corrected chi connectivity index (χ4v) is 2.98. The number of nitrogens with zero attached hydrogens (tertiary/aromatic N) is 3. The number of imidazole rings is 1. The van der Waals surface area contributed by atoms with E-state index in [1.165, 1.54) is 39.5 Å². The summed E-state index contributed by atoms with van der Waals surface area (Å²) in [6.07, 6.45) is 0.296. The predicted octanol–water partition coefficient (Wildman–Crippen LogP) is 2.24. The van der Waals surface area contributed by atoms with Crippen LogP contribution in [0.3, 0.4) is 0 Å². The summed E-state index contributed by atoms with van der Waals surface area (Å²) in [6.45, 7) is 0.524. The molecule has 1 atom stereocenters. The molecule has 0 saturated carbocycles. The molecule has 2 heterocycles. The zero-order chi connectivity index (χ0) is 19.7. The summed E-state index contributed by atoms with van der Waals surface area (Å²) in [5.74, 6) is -0.681.